The van der Waals surface area contributed by atoms with Crippen LogP contribution in [0.2, 0.25) is 5.02 Å². The second-order valence-corrected chi connectivity index (χ2v) is 5.43. The first-order valence-corrected chi connectivity index (χ1v) is 7.49. The molecule has 1 unspecified atom stereocenters. The average molecular weight is 274 g/mol. The SMILES string of the molecule is COc1ccc(CNC(C)CCSC)cc1Cl. The van der Waals surface area contributed by atoms with E-state index in [0.29, 0.717) is 11.1 Å². The lowest BCUT2D eigenvalue weighted by Crippen LogP contribution is -2.25. The van der Waals surface area contributed by atoms with Crippen LogP contribution in [-0.2, 0) is 6.54 Å². The van der Waals surface area contributed by atoms with E-state index in [9.17, 15) is 0 Å². The van der Waals surface area contributed by atoms with Crippen LogP contribution >= 0.6 is 23.4 Å². The fourth-order valence-corrected chi connectivity index (χ4v) is 2.38. The van der Waals surface area contributed by atoms with E-state index >= 15 is 0 Å². The summed E-state index contributed by atoms with van der Waals surface area (Å²) in [4.78, 5) is 0. The van der Waals surface area contributed by atoms with Crippen LogP contribution < -0.4 is 10.1 Å². The Morgan fingerprint density at radius 2 is 2.24 bits per heavy atom. The standard InChI is InChI=1S/C13H20ClNOS/c1-10(6-7-17-3)15-9-11-4-5-13(16-2)12(14)8-11/h4-5,8,10,15H,6-7,9H2,1-3H3. The van der Waals surface area contributed by atoms with Crippen LogP contribution in [0.5, 0.6) is 5.75 Å². The summed E-state index contributed by atoms with van der Waals surface area (Å²) in [6.07, 6.45) is 3.32. The normalized spacial score (nSPS) is 12.5. The highest BCUT2D eigenvalue weighted by molar-refractivity contribution is 7.98. The molecule has 1 aromatic rings. The van der Waals surface area contributed by atoms with Crippen molar-refractivity contribution in [2.45, 2.75) is 25.9 Å². The maximum atomic E-state index is 6.07. The van der Waals surface area contributed by atoms with Crippen LogP contribution in [0.4, 0.5) is 0 Å². The fraction of sp³-hybridized carbons (Fsp3) is 0.538. The Labute approximate surface area is 113 Å². The number of hydrogen-bond acceptors (Lipinski definition) is 3. The van der Waals surface area contributed by atoms with Crippen molar-refractivity contribution in [3.05, 3.63) is 28.8 Å². The smallest absolute Gasteiger partial charge is 0.137 e. The second-order valence-electron chi connectivity index (χ2n) is 4.03. The number of hydrogen-bond donors (Lipinski definition) is 1. The number of nitrogens with one attached hydrogen (secondary N) is 1. The highest BCUT2D eigenvalue weighted by atomic mass is 35.5. The molecule has 0 fully saturated rings. The first kappa shape index (κ1) is 14.7. The predicted molar refractivity (Wildman–Crippen MR) is 77.3 cm³/mol. The van der Waals surface area contributed by atoms with Gasteiger partial charge in [-0.3, -0.25) is 0 Å². The second kappa shape index (κ2) is 7.85. The summed E-state index contributed by atoms with van der Waals surface area (Å²) in [6, 6.07) is 6.43. The maximum Gasteiger partial charge on any atom is 0.137 e. The molecule has 4 heteroatoms. The zero-order chi connectivity index (χ0) is 12.7. The van der Waals surface area contributed by atoms with E-state index in [2.05, 4.69) is 18.5 Å². The molecule has 2 nitrogen and oxygen atoms in total. The molecular formula is C13H20ClNOS. The average Bonchev–Trinajstić information content (AvgIpc) is 2.34. The molecular weight excluding hydrogens is 254 g/mol. The van der Waals surface area contributed by atoms with Gasteiger partial charge in [0.05, 0.1) is 12.1 Å². The molecule has 1 N–H and O–H groups in total. The van der Waals surface area contributed by atoms with Gasteiger partial charge in [0.2, 0.25) is 0 Å². The van der Waals surface area contributed by atoms with Crippen LogP contribution in [0, 0.1) is 0 Å². The van der Waals surface area contributed by atoms with Crippen molar-refractivity contribution < 1.29 is 4.74 Å². The summed E-state index contributed by atoms with van der Waals surface area (Å²) in [5.74, 6) is 1.92. The molecule has 0 saturated carbocycles. The number of rotatable bonds is 7. The molecule has 0 aliphatic heterocycles. The molecule has 17 heavy (non-hydrogen) atoms. The third kappa shape index (κ3) is 5.19. The van der Waals surface area contributed by atoms with Gasteiger partial charge in [-0.15, -0.1) is 0 Å². The molecule has 0 saturated heterocycles. The van der Waals surface area contributed by atoms with Crippen molar-refractivity contribution in [3.63, 3.8) is 0 Å². The fourth-order valence-electron chi connectivity index (χ4n) is 1.51. The Morgan fingerprint density at radius 1 is 1.47 bits per heavy atom. The van der Waals surface area contributed by atoms with Crippen molar-refractivity contribution in [1.29, 1.82) is 0 Å². The molecule has 0 spiro atoms. The monoisotopic (exact) mass is 273 g/mol. The predicted octanol–water partition coefficient (Wildman–Crippen LogP) is 3.58. The summed E-state index contributed by atoms with van der Waals surface area (Å²) in [5.41, 5.74) is 1.19. The van der Waals surface area contributed by atoms with E-state index in [1.165, 1.54) is 17.7 Å². The zero-order valence-corrected chi connectivity index (χ0v) is 12.2. The summed E-state index contributed by atoms with van der Waals surface area (Å²) in [6.45, 7) is 3.06. The van der Waals surface area contributed by atoms with E-state index in [4.69, 9.17) is 16.3 Å². The number of ether oxygens (including phenoxy) is 1. The minimum absolute atomic E-state index is 0.531. The summed E-state index contributed by atoms with van der Waals surface area (Å²) in [7, 11) is 1.63. The van der Waals surface area contributed by atoms with E-state index in [0.717, 1.165) is 12.3 Å². The molecule has 0 aromatic heterocycles. The Balaban J connectivity index is 2.44. The van der Waals surface area contributed by atoms with E-state index in [-0.39, 0.29) is 0 Å². The lowest BCUT2D eigenvalue weighted by atomic mass is 10.2. The number of benzene rings is 1. The van der Waals surface area contributed by atoms with Gasteiger partial charge in [-0.05, 0) is 43.0 Å². The quantitative estimate of drug-likeness (QED) is 0.821. The van der Waals surface area contributed by atoms with E-state index < -0.39 is 0 Å². The maximum absolute atomic E-state index is 6.07. The van der Waals surface area contributed by atoms with Gasteiger partial charge in [-0.1, -0.05) is 17.7 Å². The Bertz CT molecular complexity index is 346. The molecule has 96 valence electrons. The summed E-state index contributed by atoms with van der Waals surface area (Å²) in [5, 5.41) is 4.16. The lowest BCUT2D eigenvalue weighted by molar-refractivity contribution is 0.414. The van der Waals surface area contributed by atoms with Gasteiger partial charge in [-0.25, -0.2) is 0 Å². The minimum atomic E-state index is 0.531. The van der Waals surface area contributed by atoms with Crippen LogP contribution in [0.15, 0.2) is 18.2 Å². The van der Waals surface area contributed by atoms with Gasteiger partial charge in [0, 0.05) is 12.6 Å². The zero-order valence-electron chi connectivity index (χ0n) is 10.6. The van der Waals surface area contributed by atoms with Crippen LogP contribution in [-0.4, -0.2) is 25.2 Å². The van der Waals surface area contributed by atoms with Crippen molar-refractivity contribution in [2.75, 3.05) is 19.1 Å². The van der Waals surface area contributed by atoms with Crippen LogP contribution in [0.1, 0.15) is 18.9 Å². The van der Waals surface area contributed by atoms with Gasteiger partial charge >= 0.3 is 0 Å². The van der Waals surface area contributed by atoms with Gasteiger partial charge in [0.15, 0.2) is 0 Å². The molecule has 1 rings (SSSR count). The van der Waals surface area contributed by atoms with Crippen LogP contribution in [0.25, 0.3) is 0 Å². The molecule has 0 radical (unpaired) electrons. The van der Waals surface area contributed by atoms with E-state index in [1.54, 1.807) is 7.11 Å². The number of halogens is 1. The Hall–Kier alpha value is -0.380. The molecule has 0 amide bonds. The Kier molecular flexibility index (Phi) is 6.78. The molecule has 0 bridgehead atoms. The highest BCUT2D eigenvalue weighted by Gasteiger charge is 2.04. The largest absolute Gasteiger partial charge is 0.495 e. The first-order valence-electron chi connectivity index (χ1n) is 5.72. The highest BCUT2D eigenvalue weighted by Crippen LogP contribution is 2.24. The molecule has 0 heterocycles. The van der Waals surface area contributed by atoms with Crippen molar-refractivity contribution >= 4 is 23.4 Å². The van der Waals surface area contributed by atoms with Crippen molar-refractivity contribution in [3.8, 4) is 5.75 Å². The third-order valence-corrected chi connectivity index (χ3v) is 3.57. The minimum Gasteiger partial charge on any atom is -0.495 e. The molecule has 0 aliphatic rings. The molecule has 1 atom stereocenters. The lowest BCUT2D eigenvalue weighted by Gasteiger charge is -2.13. The topological polar surface area (TPSA) is 21.3 Å². The number of methoxy groups -OCH3 is 1. The van der Waals surface area contributed by atoms with Gasteiger partial charge in [0.1, 0.15) is 5.75 Å². The third-order valence-electron chi connectivity index (χ3n) is 2.63. The van der Waals surface area contributed by atoms with E-state index in [1.807, 2.05) is 30.0 Å². The number of thioether (sulfide) groups is 1. The van der Waals surface area contributed by atoms with Gasteiger partial charge in [-0.2, -0.15) is 11.8 Å². The van der Waals surface area contributed by atoms with Gasteiger partial charge in [0.25, 0.3) is 0 Å². The molecule has 0 aliphatic carbocycles. The first-order chi connectivity index (χ1) is 8.17. The van der Waals surface area contributed by atoms with Crippen LogP contribution in [0.3, 0.4) is 0 Å². The molecule has 1 aromatic carbocycles. The van der Waals surface area contributed by atoms with Crippen molar-refractivity contribution in [1.82, 2.24) is 5.32 Å². The Morgan fingerprint density at radius 3 is 2.82 bits per heavy atom. The summed E-state index contributed by atoms with van der Waals surface area (Å²) < 4.78 is 5.12. The summed E-state index contributed by atoms with van der Waals surface area (Å²) >= 11 is 7.95. The van der Waals surface area contributed by atoms with Gasteiger partial charge < -0.3 is 10.1 Å². The van der Waals surface area contributed by atoms with Crippen molar-refractivity contribution in [2.24, 2.45) is 0 Å².